The first-order chi connectivity index (χ1) is 5.92. The third-order valence-electron chi connectivity index (χ3n) is 2.36. The van der Waals surface area contributed by atoms with Crippen LogP contribution < -0.4 is 5.32 Å². The first-order valence-corrected chi connectivity index (χ1v) is 5.48. The van der Waals surface area contributed by atoms with Crippen LogP contribution in [-0.4, -0.2) is 19.3 Å². The van der Waals surface area contributed by atoms with Gasteiger partial charge in [0.2, 0.25) is 0 Å². The molecule has 0 aliphatic carbocycles. The molecule has 1 saturated heterocycles. The van der Waals surface area contributed by atoms with Crippen molar-refractivity contribution in [3.63, 3.8) is 0 Å². The van der Waals surface area contributed by atoms with Gasteiger partial charge in [0, 0.05) is 23.9 Å². The van der Waals surface area contributed by atoms with Crippen molar-refractivity contribution in [2.45, 2.75) is 10.8 Å². The second kappa shape index (κ2) is 3.50. The molecule has 64 valence electrons. The summed E-state index contributed by atoms with van der Waals surface area (Å²) < 4.78 is 0. The molecule has 0 spiro atoms. The van der Waals surface area contributed by atoms with Gasteiger partial charge in [0.15, 0.2) is 0 Å². The van der Waals surface area contributed by atoms with Crippen molar-refractivity contribution < 1.29 is 0 Å². The fourth-order valence-electron chi connectivity index (χ4n) is 1.51. The fraction of sp³-hybridized carbons (Fsp3) is 0.400. The first kappa shape index (κ1) is 8.14. The Morgan fingerprint density at radius 1 is 1.33 bits per heavy atom. The third kappa shape index (κ3) is 1.37. The summed E-state index contributed by atoms with van der Waals surface area (Å²) in [7, 11) is 0. The maximum absolute atomic E-state index is 3.30. The van der Waals surface area contributed by atoms with Gasteiger partial charge in [0.25, 0.3) is 0 Å². The number of thioether (sulfide) groups is 1. The minimum Gasteiger partial charge on any atom is -0.315 e. The zero-order valence-electron chi connectivity index (χ0n) is 7.21. The van der Waals surface area contributed by atoms with E-state index in [1.54, 1.807) is 0 Å². The van der Waals surface area contributed by atoms with Crippen molar-refractivity contribution in [1.82, 2.24) is 5.32 Å². The summed E-state index contributed by atoms with van der Waals surface area (Å²) in [6, 6.07) is 8.70. The smallest absolute Gasteiger partial charge is 0.0105 e. The van der Waals surface area contributed by atoms with Crippen molar-refractivity contribution in [3.8, 4) is 0 Å². The maximum atomic E-state index is 3.30. The molecule has 0 amide bonds. The highest BCUT2D eigenvalue weighted by Gasteiger charge is 2.20. The van der Waals surface area contributed by atoms with Gasteiger partial charge in [-0.05, 0) is 17.9 Å². The number of nitrogens with one attached hydrogen (secondary N) is 1. The van der Waals surface area contributed by atoms with E-state index in [1.165, 1.54) is 10.5 Å². The summed E-state index contributed by atoms with van der Waals surface area (Å²) in [6.45, 7) is 2.30. The van der Waals surface area contributed by atoms with Gasteiger partial charge >= 0.3 is 0 Å². The molecule has 1 nitrogen and oxygen atoms in total. The molecule has 0 aromatic heterocycles. The van der Waals surface area contributed by atoms with E-state index in [0.29, 0.717) is 0 Å². The highest BCUT2D eigenvalue weighted by molar-refractivity contribution is 7.98. The van der Waals surface area contributed by atoms with Crippen LogP contribution in [0.1, 0.15) is 11.5 Å². The molecule has 1 fully saturated rings. The summed E-state index contributed by atoms with van der Waals surface area (Å²) in [5.41, 5.74) is 1.52. The number of rotatable bonds is 2. The average molecular weight is 179 g/mol. The van der Waals surface area contributed by atoms with Crippen LogP contribution in [0, 0.1) is 0 Å². The van der Waals surface area contributed by atoms with E-state index in [-0.39, 0.29) is 0 Å². The van der Waals surface area contributed by atoms with Crippen LogP contribution in [0.25, 0.3) is 0 Å². The highest BCUT2D eigenvalue weighted by Crippen LogP contribution is 2.28. The number of hydrogen-bond donors (Lipinski definition) is 1. The van der Waals surface area contributed by atoms with E-state index in [4.69, 9.17) is 0 Å². The minimum absolute atomic E-state index is 0.758. The maximum Gasteiger partial charge on any atom is 0.0105 e. The van der Waals surface area contributed by atoms with Gasteiger partial charge in [0.05, 0.1) is 0 Å². The molecular weight excluding hydrogens is 166 g/mol. The van der Waals surface area contributed by atoms with Crippen LogP contribution >= 0.6 is 11.8 Å². The molecule has 12 heavy (non-hydrogen) atoms. The van der Waals surface area contributed by atoms with E-state index in [1.807, 2.05) is 11.8 Å². The van der Waals surface area contributed by atoms with E-state index in [9.17, 15) is 0 Å². The lowest BCUT2D eigenvalue weighted by Gasteiger charge is -2.28. The molecule has 0 bridgehead atoms. The van der Waals surface area contributed by atoms with Crippen molar-refractivity contribution in [1.29, 1.82) is 0 Å². The van der Waals surface area contributed by atoms with Crippen molar-refractivity contribution in [2.24, 2.45) is 0 Å². The standard InChI is InChI=1S/C10H13NS/c1-12-10-5-3-2-4-9(10)8-6-11-7-8/h2-5,8,11H,6-7H2,1H3. The van der Waals surface area contributed by atoms with Gasteiger partial charge < -0.3 is 5.32 Å². The summed E-state index contributed by atoms with van der Waals surface area (Å²) >= 11 is 1.85. The van der Waals surface area contributed by atoms with Crippen LogP contribution in [0.15, 0.2) is 29.2 Å². The normalized spacial score (nSPS) is 17.4. The molecule has 1 aliphatic heterocycles. The average Bonchev–Trinajstić information content (AvgIpc) is 2.02. The Balaban J connectivity index is 2.27. The lowest BCUT2D eigenvalue weighted by molar-refractivity contribution is 0.443. The lowest BCUT2D eigenvalue weighted by atomic mass is 9.94. The molecular formula is C10H13NS. The Kier molecular flexibility index (Phi) is 2.38. The minimum atomic E-state index is 0.758. The lowest BCUT2D eigenvalue weighted by Crippen LogP contribution is -2.40. The van der Waals surface area contributed by atoms with Gasteiger partial charge in [-0.25, -0.2) is 0 Å². The van der Waals surface area contributed by atoms with E-state index >= 15 is 0 Å². The molecule has 0 atom stereocenters. The molecule has 1 aliphatic rings. The van der Waals surface area contributed by atoms with E-state index < -0.39 is 0 Å². The quantitative estimate of drug-likeness (QED) is 0.698. The fourth-order valence-corrected chi connectivity index (χ4v) is 2.20. The summed E-state index contributed by atoms with van der Waals surface area (Å²) in [5, 5.41) is 3.30. The Morgan fingerprint density at radius 3 is 2.67 bits per heavy atom. The summed E-state index contributed by atoms with van der Waals surface area (Å²) in [5.74, 6) is 0.758. The molecule has 0 radical (unpaired) electrons. The second-order valence-corrected chi connectivity index (χ2v) is 3.95. The number of hydrogen-bond acceptors (Lipinski definition) is 2. The molecule has 0 saturated carbocycles. The summed E-state index contributed by atoms with van der Waals surface area (Å²) in [4.78, 5) is 1.43. The Morgan fingerprint density at radius 2 is 2.08 bits per heavy atom. The van der Waals surface area contributed by atoms with Crippen molar-refractivity contribution in [2.75, 3.05) is 19.3 Å². The van der Waals surface area contributed by atoms with Crippen molar-refractivity contribution >= 4 is 11.8 Å². The molecule has 2 rings (SSSR count). The summed E-state index contributed by atoms with van der Waals surface area (Å²) in [6.07, 6.45) is 2.14. The van der Waals surface area contributed by atoms with E-state index in [2.05, 4.69) is 35.8 Å². The zero-order chi connectivity index (χ0) is 8.39. The van der Waals surface area contributed by atoms with Crippen LogP contribution in [-0.2, 0) is 0 Å². The van der Waals surface area contributed by atoms with Crippen LogP contribution in [0.5, 0.6) is 0 Å². The van der Waals surface area contributed by atoms with Gasteiger partial charge in [-0.15, -0.1) is 11.8 Å². The molecule has 0 unspecified atom stereocenters. The topological polar surface area (TPSA) is 12.0 Å². The van der Waals surface area contributed by atoms with Crippen molar-refractivity contribution in [3.05, 3.63) is 29.8 Å². The zero-order valence-corrected chi connectivity index (χ0v) is 8.03. The largest absolute Gasteiger partial charge is 0.315 e. The molecule has 2 heteroatoms. The predicted molar refractivity (Wildman–Crippen MR) is 53.8 cm³/mol. The highest BCUT2D eigenvalue weighted by atomic mass is 32.2. The number of benzene rings is 1. The van der Waals surface area contributed by atoms with Crippen LogP contribution in [0.4, 0.5) is 0 Å². The van der Waals surface area contributed by atoms with Gasteiger partial charge in [0.1, 0.15) is 0 Å². The molecule has 1 aromatic rings. The van der Waals surface area contributed by atoms with Gasteiger partial charge in [-0.3, -0.25) is 0 Å². The monoisotopic (exact) mass is 179 g/mol. The van der Waals surface area contributed by atoms with Crippen LogP contribution in [0.2, 0.25) is 0 Å². The Hall–Kier alpha value is -0.470. The Bertz CT molecular complexity index is 268. The molecule has 1 N–H and O–H groups in total. The third-order valence-corrected chi connectivity index (χ3v) is 3.17. The van der Waals surface area contributed by atoms with Crippen LogP contribution in [0.3, 0.4) is 0 Å². The molecule has 1 heterocycles. The predicted octanol–water partition coefficient (Wildman–Crippen LogP) is 2.10. The SMILES string of the molecule is CSc1ccccc1C1CNC1. The van der Waals surface area contributed by atoms with Gasteiger partial charge in [-0.2, -0.15) is 0 Å². The van der Waals surface area contributed by atoms with Gasteiger partial charge in [-0.1, -0.05) is 18.2 Å². The first-order valence-electron chi connectivity index (χ1n) is 4.25. The van der Waals surface area contributed by atoms with E-state index in [0.717, 1.165) is 19.0 Å². The molecule has 1 aromatic carbocycles. The Labute approximate surface area is 77.6 Å². The second-order valence-electron chi connectivity index (χ2n) is 3.10.